The summed E-state index contributed by atoms with van der Waals surface area (Å²) in [5.41, 5.74) is -0.736. The van der Waals surface area contributed by atoms with Crippen LogP contribution in [0.4, 0.5) is 0 Å². The van der Waals surface area contributed by atoms with E-state index in [4.69, 9.17) is 0 Å². The molecule has 0 bridgehead atoms. The lowest BCUT2D eigenvalue weighted by molar-refractivity contribution is -0.149. The number of nitrogens with one attached hydrogen (secondary N) is 1. The van der Waals surface area contributed by atoms with Crippen molar-refractivity contribution in [1.29, 1.82) is 0 Å². The predicted octanol–water partition coefficient (Wildman–Crippen LogP) is 2.18. The monoisotopic (exact) mass is 299 g/mol. The van der Waals surface area contributed by atoms with E-state index in [-0.39, 0.29) is 30.4 Å². The Labute approximate surface area is 127 Å². The van der Waals surface area contributed by atoms with Gasteiger partial charge in [-0.15, -0.1) is 0 Å². The van der Waals surface area contributed by atoms with Crippen LogP contribution in [0.5, 0.6) is 0 Å². The lowest BCUT2D eigenvalue weighted by Crippen LogP contribution is -2.39. The Balaban J connectivity index is 2.83. The Morgan fingerprint density at radius 2 is 2.00 bits per heavy atom. The highest BCUT2D eigenvalue weighted by molar-refractivity contribution is 5.75. The lowest BCUT2D eigenvalue weighted by Gasteiger charge is -2.26. The number of carbonyl (C=O) groups excluding carboxylic acids is 1. The van der Waals surface area contributed by atoms with Crippen LogP contribution in [0.15, 0.2) is 0 Å². The molecule has 1 rings (SSSR count). The van der Waals surface area contributed by atoms with Crippen molar-refractivity contribution >= 4 is 11.9 Å². The maximum Gasteiger partial charge on any atom is 0.309 e. The molecule has 0 saturated heterocycles. The summed E-state index contributed by atoms with van der Waals surface area (Å²) in [5, 5.41) is 22.1. The molecule has 1 fully saturated rings. The van der Waals surface area contributed by atoms with Crippen LogP contribution in [-0.2, 0) is 9.59 Å². The van der Waals surface area contributed by atoms with Gasteiger partial charge in [0.05, 0.1) is 5.41 Å². The zero-order valence-corrected chi connectivity index (χ0v) is 13.4. The molecule has 0 heterocycles. The second-order valence-electron chi connectivity index (χ2n) is 6.55. The summed E-state index contributed by atoms with van der Waals surface area (Å²) in [6.45, 7) is 5.45. The molecule has 0 aliphatic heterocycles. The van der Waals surface area contributed by atoms with E-state index in [1.54, 1.807) is 0 Å². The Morgan fingerprint density at radius 1 is 1.33 bits per heavy atom. The van der Waals surface area contributed by atoms with Crippen LogP contribution in [0, 0.1) is 17.3 Å². The van der Waals surface area contributed by atoms with Crippen molar-refractivity contribution in [3.8, 4) is 0 Å². The van der Waals surface area contributed by atoms with E-state index in [0.717, 1.165) is 19.3 Å². The summed E-state index contributed by atoms with van der Waals surface area (Å²) in [7, 11) is 0. The molecule has 0 aromatic rings. The number of carboxylic acid groups (broad SMARTS) is 1. The first-order valence-electron chi connectivity index (χ1n) is 7.97. The zero-order valence-electron chi connectivity index (χ0n) is 13.4. The van der Waals surface area contributed by atoms with E-state index >= 15 is 0 Å². The fraction of sp³-hybridized carbons (Fsp3) is 0.875. The minimum Gasteiger partial charge on any atom is -0.481 e. The van der Waals surface area contributed by atoms with Crippen molar-refractivity contribution < 1.29 is 19.8 Å². The van der Waals surface area contributed by atoms with E-state index in [0.29, 0.717) is 19.3 Å². The minimum atomic E-state index is -0.755. The third kappa shape index (κ3) is 4.43. The summed E-state index contributed by atoms with van der Waals surface area (Å²) in [5.74, 6) is -0.895. The average molecular weight is 299 g/mol. The van der Waals surface area contributed by atoms with E-state index in [1.807, 2.05) is 6.92 Å². The molecule has 0 aromatic heterocycles. The van der Waals surface area contributed by atoms with Gasteiger partial charge in [-0.2, -0.15) is 0 Å². The molecule has 1 aliphatic rings. The van der Waals surface area contributed by atoms with Crippen LogP contribution < -0.4 is 5.32 Å². The SMILES string of the molecule is CCCCC[C@]1(C(=O)O)C[C@@H](CO)[C@H](C(C)NC(C)=O)C1. The number of aliphatic hydroxyl groups excluding tert-OH is 1. The Kier molecular flexibility index (Phi) is 6.65. The van der Waals surface area contributed by atoms with Gasteiger partial charge in [-0.25, -0.2) is 0 Å². The van der Waals surface area contributed by atoms with Crippen molar-refractivity contribution in [2.75, 3.05) is 6.61 Å². The van der Waals surface area contributed by atoms with Gasteiger partial charge in [-0.1, -0.05) is 26.2 Å². The van der Waals surface area contributed by atoms with Crippen LogP contribution in [0.25, 0.3) is 0 Å². The number of aliphatic hydroxyl groups is 1. The van der Waals surface area contributed by atoms with Gasteiger partial charge in [0.15, 0.2) is 0 Å². The number of amides is 1. The minimum absolute atomic E-state index is 0.0165. The van der Waals surface area contributed by atoms with Crippen LogP contribution in [0.2, 0.25) is 0 Å². The first kappa shape index (κ1) is 18.0. The maximum absolute atomic E-state index is 11.8. The Hall–Kier alpha value is -1.10. The molecule has 5 nitrogen and oxygen atoms in total. The molecule has 3 N–H and O–H groups in total. The van der Waals surface area contributed by atoms with E-state index in [1.165, 1.54) is 6.92 Å². The molecule has 1 saturated carbocycles. The normalized spacial score (nSPS) is 30.1. The maximum atomic E-state index is 11.8. The van der Waals surface area contributed by atoms with E-state index in [9.17, 15) is 19.8 Å². The molecule has 4 atom stereocenters. The van der Waals surface area contributed by atoms with Gasteiger partial charge < -0.3 is 15.5 Å². The lowest BCUT2D eigenvalue weighted by atomic mass is 9.79. The molecule has 1 unspecified atom stereocenters. The Morgan fingerprint density at radius 3 is 2.48 bits per heavy atom. The van der Waals surface area contributed by atoms with Gasteiger partial charge >= 0.3 is 5.97 Å². The van der Waals surface area contributed by atoms with Crippen molar-refractivity contribution in [1.82, 2.24) is 5.32 Å². The number of carboxylic acids is 1. The highest BCUT2D eigenvalue weighted by atomic mass is 16.4. The fourth-order valence-electron chi connectivity index (χ4n) is 3.77. The highest BCUT2D eigenvalue weighted by Gasteiger charge is 2.51. The molecular weight excluding hydrogens is 270 g/mol. The van der Waals surface area contributed by atoms with Crippen LogP contribution in [0.1, 0.15) is 59.3 Å². The first-order chi connectivity index (χ1) is 9.86. The second kappa shape index (κ2) is 7.78. The third-order valence-corrected chi connectivity index (χ3v) is 4.91. The van der Waals surface area contributed by atoms with Crippen molar-refractivity contribution in [2.24, 2.45) is 17.3 Å². The van der Waals surface area contributed by atoms with Crippen molar-refractivity contribution in [3.05, 3.63) is 0 Å². The number of carbonyl (C=O) groups is 2. The van der Waals surface area contributed by atoms with E-state index < -0.39 is 11.4 Å². The molecule has 1 aliphatic carbocycles. The quantitative estimate of drug-likeness (QED) is 0.600. The standard InChI is InChI=1S/C16H29NO4/c1-4-5-6-7-16(15(20)21)8-13(10-18)14(9-16)11(2)17-12(3)19/h11,13-14,18H,4-10H2,1-3H3,(H,17,19)(H,20,21)/t11?,13-,14-,16-/m0/s1. The van der Waals surface area contributed by atoms with Crippen LogP contribution in [-0.4, -0.2) is 34.7 Å². The van der Waals surface area contributed by atoms with E-state index in [2.05, 4.69) is 12.2 Å². The first-order valence-corrected chi connectivity index (χ1v) is 7.97. The van der Waals surface area contributed by atoms with Gasteiger partial charge in [-0.05, 0) is 38.0 Å². The van der Waals surface area contributed by atoms with Crippen molar-refractivity contribution in [3.63, 3.8) is 0 Å². The van der Waals surface area contributed by atoms with Crippen LogP contribution >= 0.6 is 0 Å². The number of hydrogen-bond donors (Lipinski definition) is 3. The fourth-order valence-corrected chi connectivity index (χ4v) is 3.77. The summed E-state index contributed by atoms with van der Waals surface area (Å²) >= 11 is 0. The highest BCUT2D eigenvalue weighted by Crippen LogP contribution is 2.50. The molecule has 5 heteroatoms. The number of rotatable bonds is 8. The molecule has 0 radical (unpaired) electrons. The summed E-state index contributed by atoms with van der Waals surface area (Å²) in [6, 6.07) is -0.105. The summed E-state index contributed by atoms with van der Waals surface area (Å²) in [6.07, 6.45) is 4.71. The molecule has 1 amide bonds. The molecule has 122 valence electrons. The second-order valence-corrected chi connectivity index (χ2v) is 6.55. The predicted molar refractivity (Wildman–Crippen MR) is 80.8 cm³/mol. The summed E-state index contributed by atoms with van der Waals surface area (Å²) < 4.78 is 0. The van der Waals surface area contributed by atoms with Gasteiger partial charge in [0.25, 0.3) is 0 Å². The Bertz CT molecular complexity index is 371. The molecule has 0 spiro atoms. The third-order valence-electron chi connectivity index (χ3n) is 4.91. The van der Waals surface area contributed by atoms with Crippen molar-refractivity contribution in [2.45, 2.75) is 65.3 Å². The molecule has 21 heavy (non-hydrogen) atoms. The average Bonchev–Trinajstić information content (AvgIpc) is 2.79. The smallest absolute Gasteiger partial charge is 0.309 e. The summed E-state index contributed by atoms with van der Waals surface area (Å²) in [4.78, 5) is 23.0. The number of aliphatic carboxylic acids is 1. The molecular formula is C16H29NO4. The largest absolute Gasteiger partial charge is 0.481 e. The van der Waals surface area contributed by atoms with Crippen LogP contribution in [0.3, 0.4) is 0 Å². The van der Waals surface area contributed by atoms with Gasteiger partial charge in [-0.3, -0.25) is 9.59 Å². The number of unbranched alkanes of at least 4 members (excludes halogenated alkanes) is 2. The zero-order chi connectivity index (χ0) is 16.0. The van der Waals surface area contributed by atoms with Gasteiger partial charge in [0.1, 0.15) is 0 Å². The van der Waals surface area contributed by atoms with Gasteiger partial charge in [0.2, 0.25) is 5.91 Å². The number of hydrogen-bond acceptors (Lipinski definition) is 3. The van der Waals surface area contributed by atoms with Gasteiger partial charge in [0, 0.05) is 19.6 Å². The topological polar surface area (TPSA) is 86.6 Å². The molecule has 0 aromatic carbocycles.